The summed E-state index contributed by atoms with van der Waals surface area (Å²) in [6, 6.07) is 6.61. The molecule has 1 amide bonds. The average Bonchev–Trinajstić information content (AvgIpc) is 2.67. The van der Waals surface area contributed by atoms with Crippen LogP contribution in [0.3, 0.4) is 0 Å². The number of ether oxygens (including phenoxy) is 1. The number of hydrogen-bond acceptors (Lipinski definition) is 4. The normalized spacial score (nSPS) is 17.1. The van der Waals surface area contributed by atoms with Crippen LogP contribution in [0.15, 0.2) is 24.3 Å². The molecule has 1 N–H and O–H groups in total. The molecular formula is C22H34N2O4. The van der Waals surface area contributed by atoms with E-state index in [9.17, 15) is 14.9 Å². The largest absolute Gasteiger partial charge is 0.487 e. The molecule has 0 saturated heterocycles. The molecule has 0 unspecified atom stereocenters. The molecule has 156 valence electrons. The van der Waals surface area contributed by atoms with Gasteiger partial charge in [0.05, 0.1) is 11.5 Å². The fraction of sp³-hybridized carbons (Fsp3) is 0.682. The summed E-state index contributed by atoms with van der Waals surface area (Å²) in [5.41, 5.74) is -0.0415. The van der Waals surface area contributed by atoms with Gasteiger partial charge in [0.15, 0.2) is 5.75 Å². The van der Waals surface area contributed by atoms with Gasteiger partial charge in [0, 0.05) is 18.5 Å². The van der Waals surface area contributed by atoms with Crippen molar-refractivity contribution in [2.24, 2.45) is 0 Å². The van der Waals surface area contributed by atoms with Crippen LogP contribution < -0.4 is 10.1 Å². The fourth-order valence-corrected chi connectivity index (χ4v) is 3.75. The lowest BCUT2D eigenvalue weighted by atomic mass is 9.98. The van der Waals surface area contributed by atoms with Gasteiger partial charge in [-0.05, 0) is 25.3 Å². The van der Waals surface area contributed by atoms with Crippen molar-refractivity contribution in [3.8, 4) is 5.75 Å². The number of para-hydroxylation sites is 2. The molecule has 0 radical (unpaired) electrons. The minimum Gasteiger partial charge on any atom is -0.487 e. The maximum Gasteiger partial charge on any atom is 0.310 e. The predicted octanol–water partition coefficient (Wildman–Crippen LogP) is 5.54. The van der Waals surface area contributed by atoms with Crippen LogP contribution in [0, 0.1) is 10.1 Å². The molecule has 1 saturated carbocycles. The van der Waals surface area contributed by atoms with Gasteiger partial charge in [-0.3, -0.25) is 14.9 Å². The summed E-state index contributed by atoms with van der Waals surface area (Å²) in [4.78, 5) is 22.8. The zero-order valence-corrected chi connectivity index (χ0v) is 16.9. The van der Waals surface area contributed by atoms with Crippen molar-refractivity contribution in [1.82, 2.24) is 5.32 Å². The Kier molecular flexibility index (Phi) is 10.4. The highest BCUT2D eigenvalue weighted by Crippen LogP contribution is 2.25. The Balaban J connectivity index is 1.69. The van der Waals surface area contributed by atoms with Gasteiger partial charge in [0.1, 0.15) is 0 Å². The predicted molar refractivity (Wildman–Crippen MR) is 111 cm³/mol. The molecule has 1 aromatic rings. The number of benzene rings is 1. The van der Waals surface area contributed by atoms with E-state index in [2.05, 4.69) is 5.32 Å². The highest BCUT2D eigenvalue weighted by molar-refractivity contribution is 5.76. The molecule has 0 spiro atoms. The van der Waals surface area contributed by atoms with Gasteiger partial charge >= 0.3 is 5.69 Å². The van der Waals surface area contributed by atoms with Crippen LogP contribution in [0.4, 0.5) is 5.69 Å². The first-order valence-corrected chi connectivity index (χ1v) is 10.8. The molecule has 0 aliphatic heterocycles. The second-order valence-corrected chi connectivity index (χ2v) is 7.70. The van der Waals surface area contributed by atoms with E-state index < -0.39 is 4.92 Å². The van der Waals surface area contributed by atoms with Crippen molar-refractivity contribution < 1.29 is 14.5 Å². The van der Waals surface area contributed by atoms with Crippen LogP contribution in [0.25, 0.3) is 0 Å². The van der Waals surface area contributed by atoms with Crippen LogP contribution in [-0.2, 0) is 4.79 Å². The quantitative estimate of drug-likeness (QED) is 0.376. The fourth-order valence-electron chi connectivity index (χ4n) is 3.75. The van der Waals surface area contributed by atoms with E-state index in [0.29, 0.717) is 19.4 Å². The Hall–Kier alpha value is -2.11. The van der Waals surface area contributed by atoms with Gasteiger partial charge in [-0.15, -0.1) is 0 Å². The Morgan fingerprint density at radius 1 is 1.00 bits per heavy atom. The Bertz CT molecular complexity index is 594. The number of nitro groups is 1. The van der Waals surface area contributed by atoms with Crippen LogP contribution in [-0.4, -0.2) is 23.5 Å². The summed E-state index contributed by atoms with van der Waals surface area (Å²) >= 11 is 0. The van der Waals surface area contributed by atoms with Crippen molar-refractivity contribution in [2.75, 3.05) is 6.61 Å². The van der Waals surface area contributed by atoms with Crippen LogP contribution in [0.1, 0.15) is 83.5 Å². The molecule has 0 bridgehead atoms. The number of nitrogens with zero attached hydrogens (tertiary/aromatic N) is 1. The molecule has 1 aliphatic rings. The Morgan fingerprint density at radius 2 is 1.57 bits per heavy atom. The summed E-state index contributed by atoms with van der Waals surface area (Å²) in [5.74, 6) is 0.315. The van der Waals surface area contributed by atoms with Gasteiger partial charge in [-0.2, -0.15) is 0 Å². The van der Waals surface area contributed by atoms with Gasteiger partial charge < -0.3 is 10.1 Å². The van der Waals surface area contributed by atoms with E-state index in [1.54, 1.807) is 18.2 Å². The smallest absolute Gasteiger partial charge is 0.310 e. The van der Waals surface area contributed by atoms with Crippen LogP contribution >= 0.6 is 0 Å². The lowest BCUT2D eigenvalue weighted by molar-refractivity contribution is -0.385. The second kappa shape index (κ2) is 13.1. The lowest BCUT2D eigenvalue weighted by Crippen LogP contribution is -2.35. The molecule has 0 atom stereocenters. The van der Waals surface area contributed by atoms with E-state index in [-0.39, 0.29) is 23.4 Å². The van der Waals surface area contributed by atoms with Crippen LogP contribution in [0.5, 0.6) is 5.75 Å². The highest BCUT2D eigenvalue weighted by Gasteiger charge is 2.15. The number of rotatable bonds is 7. The molecule has 28 heavy (non-hydrogen) atoms. The Labute approximate surface area is 168 Å². The standard InChI is InChI=1S/C22H34N2O4/c25-22(17-12-18-28-21-16-11-10-15-20(21)24(26)27)23-19-13-8-6-4-2-1-3-5-7-9-14-19/h10-11,15-16,19H,1-9,12-14,17-18H2,(H,23,25). The van der Waals surface area contributed by atoms with Gasteiger partial charge in [0.25, 0.3) is 0 Å². The summed E-state index contributed by atoms with van der Waals surface area (Å²) in [5, 5.41) is 14.2. The molecule has 1 fully saturated rings. The molecule has 2 rings (SSSR count). The van der Waals surface area contributed by atoms with Gasteiger partial charge in [-0.25, -0.2) is 0 Å². The van der Waals surface area contributed by atoms with Crippen molar-refractivity contribution in [2.45, 2.75) is 89.5 Å². The van der Waals surface area contributed by atoms with E-state index in [1.807, 2.05) is 0 Å². The summed E-state index contributed by atoms with van der Waals surface area (Å²) < 4.78 is 5.51. The molecule has 6 heteroatoms. The first-order valence-electron chi connectivity index (χ1n) is 10.8. The number of nitro benzene ring substituents is 1. The number of carbonyl (C=O) groups is 1. The van der Waals surface area contributed by atoms with E-state index in [1.165, 1.54) is 63.9 Å². The molecule has 1 aliphatic carbocycles. The topological polar surface area (TPSA) is 81.5 Å². The number of amides is 1. The number of nitrogens with one attached hydrogen (secondary N) is 1. The average molecular weight is 391 g/mol. The van der Waals surface area contributed by atoms with Crippen molar-refractivity contribution >= 4 is 11.6 Å². The first kappa shape index (κ1) is 22.2. The van der Waals surface area contributed by atoms with Gasteiger partial charge in [0.2, 0.25) is 5.91 Å². The minimum atomic E-state index is -0.453. The molecule has 0 heterocycles. The zero-order chi connectivity index (χ0) is 20.0. The Morgan fingerprint density at radius 3 is 2.18 bits per heavy atom. The van der Waals surface area contributed by atoms with E-state index >= 15 is 0 Å². The van der Waals surface area contributed by atoms with Gasteiger partial charge in [-0.1, -0.05) is 69.9 Å². The first-order chi connectivity index (χ1) is 13.7. The third-order valence-corrected chi connectivity index (χ3v) is 5.34. The van der Waals surface area contributed by atoms with E-state index in [4.69, 9.17) is 4.74 Å². The minimum absolute atomic E-state index is 0.0415. The monoisotopic (exact) mass is 390 g/mol. The maximum atomic E-state index is 12.3. The summed E-state index contributed by atoms with van der Waals surface area (Å²) in [6.45, 7) is 0.295. The summed E-state index contributed by atoms with van der Waals surface area (Å²) in [6.07, 6.45) is 14.6. The maximum absolute atomic E-state index is 12.3. The summed E-state index contributed by atoms with van der Waals surface area (Å²) in [7, 11) is 0. The lowest BCUT2D eigenvalue weighted by Gasteiger charge is -2.19. The molecular weight excluding hydrogens is 356 g/mol. The molecule has 6 nitrogen and oxygen atoms in total. The van der Waals surface area contributed by atoms with Crippen molar-refractivity contribution in [3.05, 3.63) is 34.4 Å². The third-order valence-electron chi connectivity index (χ3n) is 5.34. The number of carbonyl (C=O) groups excluding carboxylic acids is 1. The van der Waals surface area contributed by atoms with E-state index in [0.717, 1.165) is 12.8 Å². The molecule has 1 aromatic carbocycles. The third kappa shape index (κ3) is 8.72. The number of hydrogen-bond donors (Lipinski definition) is 1. The van der Waals surface area contributed by atoms with Crippen LogP contribution in [0.2, 0.25) is 0 Å². The zero-order valence-electron chi connectivity index (χ0n) is 16.9. The SMILES string of the molecule is O=C(CCCOc1ccccc1[N+](=O)[O-])NC1CCCCCCCCCCC1. The van der Waals surface area contributed by atoms with Crippen molar-refractivity contribution in [3.63, 3.8) is 0 Å². The van der Waals surface area contributed by atoms with Crippen molar-refractivity contribution in [1.29, 1.82) is 0 Å². The molecule has 0 aromatic heterocycles. The highest BCUT2D eigenvalue weighted by atomic mass is 16.6. The second-order valence-electron chi connectivity index (χ2n) is 7.70.